The predicted octanol–water partition coefficient (Wildman–Crippen LogP) is 6.36. The zero-order valence-electron chi connectivity index (χ0n) is 14.5. The molecule has 0 heteroatoms. The lowest BCUT2D eigenvalue weighted by Gasteiger charge is -2.14. The summed E-state index contributed by atoms with van der Waals surface area (Å²) in [6, 6.07) is 13.8. The molecule has 3 aromatic carbocycles. The van der Waals surface area contributed by atoms with Crippen LogP contribution in [0.25, 0.3) is 21.9 Å². The van der Waals surface area contributed by atoms with Crippen molar-refractivity contribution in [3.63, 3.8) is 0 Å². The molecule has 112 valence electrons. The molecule has 0 spiro atoms. The first kappa shape index (κ1) is 14.8. The van der Waals surface area contributed by atoms with Crippen molar-refractivity contribution in [2.24, 2.45) is 0 Å². The van der Waals surface area contributed by atoms with Gasteiger partial charge in [0.05, 0.1) is 0 Å². The van der Waals surface area contributed by atoms with Crippen LogP contribution in [0.4, 0.5) is 0 Å². The van der Waals surface area contributed by atoms with Crippen molar-refractivity contribution in [2.45, 2.75) is 41.5 Å². The summed E-state index contributed by atoms with van der Waals surface area (Å²) < 4.78 is 0. The molecule has 0 heterocycles. The van der Waals surface area contributed by atoms with Crippen LogP contribution < -0.4 is 0 Å². The van der Waals surface area contributed by atoms with Crippen LogP contribution in [0, 0.1) is 41.5 Å². The van der Waals surface area contributed by atoms with Gasteiger partial charge in [0, 0.05) is 0 Å². The Balaban J connectivity index is 2.28. The molecule has 0 atom stereocenters. The third-order valence-electron chi connectivity index (χ3n) is 4.95. The molecule has 3 rings (SSSR count). The normalized spacial score (nSPS) is 11.2. The van der Waals surface area contributed by atoms with Crippen LogP contribution in [0.1, 0.15) is 33.4 Å². The molecular weight excluding hydrogens is 264 g/mol. The Morgan fingerprint density at radius 1 is 0.591 bits per heavy atom. The van der Waals surface area contributed by atoms with E-state index in [4.69, 9.17) is 0 Å². The number of rotatable bonds is 1. The van der Waals surface area contributed by atoms with Gasteiger partial charge in [0.25, 0.3) is 0 Å². The van der Waals surface area contributed by atoms with Crippen molar-refractivity contribution in [1.82, 2.24) is 0 Å². The summed E-state index contributed by atoms with van der Waals surface area (Å²) in [5.74, 6) is 0. The quantitative estimate of drug-likeness (QED) is 0.489. The molecule has 0 radical (unpaired) electrons. The van der Waals surface area contributed by atoms with E-state index in [1.54, 1.807) is 0 Å². The standard InChI is InChI=1S/C22H24/c1-13-9-15(3)22(16(4)10-13)19-7-8-21-18(6)17(5)14(2)11-20(21)12-19/h7-12H,1-6H3. The van der Waals surface area contributed by atoms with E-state index in [0.29, 0.717) is 0 Å². The average molecular weight is 288 g/mol. The third kappa shape index (κ3) is 2.33. The molecule has 0 aliphatic rings. The summed E-state index contributed by atoms with van der Waals surface area (Å²) in [6.07, 6.45) is 0. The van der Waals surface area contributed by atoms with E-state index < -0.39 is 0 Å². The number of hydrogen-bond donors (Lipinski definition) is 0. The van der Waals surface area contributed by atoms with Crippen molar-refractivity contribution in [2.75, 3.05) is 0 Å². The number of hydrogen-bond acceptors (Lipinski definition) is 0. The van der Waals surface area contributed by atoms with Crippen molar-refractivity contribution in [3.05, 3.63) is 69.8 Å². The van der Waals surface area contributed by atoms with Crippen molar-refractivity contribution < 1.29 is 0 Å². The van der Waals surface area contributed by atoms with E-state index in [1.165, 1.54) is 55.3 Å². The highest BCUT2D eigenvalue weighted by Crippen LogP contribution is 2.33. The highest BCUT2D eigenvalue weighted by molar-refractivity contribution is 5.92. The number of aryl methyl sites for hydroxylation is 5. The Kier molecular flexibility index (Phi) is 3.56. The lowest BCUT2D eigenvalue weighted by atomic mass is 9.90. The molecule has 0 unspecified atom stereocenters. The second-order valence-corrected chi connectivity index (χ2v) is 6.65. The van der Waals surface area contributed by atoms with Gasteiger partial charge in [-0.25, -0.2) is 0 Å². The molecule has 0 saturated carbocycles. The SMILES string of the molecule is Cc1cc(C)c(-c2ccc3c(C)c(C)c(C)cc3c2)c(C)c1. The van der Waals surface area contributed by atoms with Crippen LogP contribution in [0.5, 0.6) is 0 Å². The van der Waals surface area contributed by atoms with Crippen LogP contribution >= 0.6 is 0 Å². The molecule has 0 aromatic heterocycles. The molecule has 0 N–H and O–H groups in total. The van der Waals surface area contributed by atoms with Gasteiger partial charge in [-0.3, -0.25) is 0 Å². The molecule has 0 aliphatic heterocycles. The fraction of sp³-hybridized carbons (Fsp3) is 0.273. The molecule has 22 heavy (non-hydrogen) atoms. The van der Waals surface area contributed by atoms with Crippen LogP contribution in [0.3, 0.4) is 0 Å². The average Bonchev–Trinajstić information content (AvgIpc) is 2.43. The van der Waals surface area contributed by atoms with Crippen LogP contribution in [0.2, 0.25) is 0 Å². The van der Waals surface area contributed by atoms with E-state index in [2.05, 4.69) is 77.9 Å². The zero-order chi connectivity index (χ0) is 16.0. The lowest BCUT2D eigenvalue weighted by molar-refractivity contribution is 1.29. The second-order valence-electron chi connectivity index (χ2n) is 6.65. The van der Waals surface area contributed by atoms with Crippen molar-refractivity contribution in [3.8, 4) is 11.1 Å². The smallest absolute Gasteiger partial charge is 0.0125 e. The van der Waals surface area contributed by atoms with E-state index >= 15 is 0 Å². The van der Waals surface area contributed by atoms with Gasteiger partial charge in [-0.1, -0.05) is 35.9 Å². The van der Waals surface area contributed by atoms with Gasteiger partial charge >= 0.3 is 0 Å². The Morgan fingerprint density at radius 2 is 1.23 bits per heavy atom. The van der Waals surface area contributed by atoms with Gasteiger partial charge in [0.2, 0.25) is 0 Å². The lowest BCUT2D eigenvalue weighted by Crippen LogP contribution is -1.92. The molecule has 0 fully saturated rings. The van der Waals surface area contributed by atoms with Crippen LogP contribution in [-0.4, -0.2) is 0 Å². The predicted molar refractivity (Wildman–Crippen MR) is 97.8 cm³/mol. The maximum Gasteiger partial charge on any atom is -0.0125 e. The first-order chi connectivity index (χ1) is 10.4. The molecule has 0 saturated heterocycles. The minimum atomic E-state index is 1.32. The first-order valence-corrected chi connectivity index (χ1v) is 7.97. The fourth-order valence-corrected chi connectivity index (χ4v) is 3.65. The Bertz CT molecular complexity index is 859. The highest BCUT2D eigenvalue weighted by Gasteiger charge is 2.09. The topological polar surface area (TPSA) is 0 Å². The minimum absolute atomic E-state index is 1.32. The minimum Gasteiger partial charge on any atom is -0.0557 e. The summed E-state index contributed by atoms with van der Waals surface area (Å²) >= 11 is 0. The van der Waals surface area contributed by atoms with Crippen molar-refractivity contribution >= 4 is 10.8 Å². The Labute approximate surface area is 133 Å². The summed E-state index contributed by atoms with van der Waals surface area (Å²) in [5.41, 5.74) is 10.9. The molecule has 0 aliphatic carbocycles. The van der Waals surface area contributed by atoms with Crippen molar-refractivity contribution in [1.29, 1.82) is 0 Å². The maximum absolute atomic E-state index is 2.35. The largest absolute Gasteiger partial charge is 0.0557 e. The van der Waals surface area contributed by atoms with Gasteiger partial charge in [-0.15, -0.1) is 0 Å². The van der Waals surface area contributed by atoms with Gasteiger partial charge in [0.15, 0.2) is 0 Å². The molecular formula is C22H24. The Morgan fingerprint density at radius 3 is 1.86 bits per heavy atom. The van der Waals surface area contributed by atoms with E-state index in [9.17, 15) is 0 Å². The third-order valence-corrected chi connectivity index (χ3v) is 4.95. The zero-order valence-corrected chi connectivity index (χ0v) is 14.5. The van der Waals surface area contributed by atoms with Gasteiger partial charge < -0.3 is 0 Å². The van der Waals surface area contributed by atoms with Crippen LogP contribution in [0.15, 0.2) is 36.4 Å². The van der Waals surface area contributed by atoms with E-state index in [0.717, 1.165) is 0 Å². The first-order valence-electron chi connectivity index (χ1n) is 7.97. The summed E-state index contributed by atoms with van der Waals surface area (Å²) in [6.45, 7) is 13.2. The molecule has 0 nitrogen and oxygen atoms in total. The van der Waals surface area contributed by atoms with E-state index in [-0.39, 0.29) is 0 Å². The Hall–Kier alpha value is -2.08. The molecule has 3 aromatic rings. The monoisotopic (exact) mass is 288 g/mol. The van der Waals surface area contributed by atoms with Gasteiger partial charge in [-0.05, 0) is 97.3 Å². The van der Waals surface area contributed by atoms with E-state index in [1.807, 2.05) is 0 Å². The van der Waals surface area contributed by atoms with Crippen LogP contribution in [-0.2, 0) is 0 Å². The van der Waals surface area contributed by atoms with Gasteiger partial charge in [-0.2, -0.15) is 0 Å². The summed E-state index contributed by atoms with van der Waals surface area (Å²) in [7, 11) is 0. The molecule has 0 amide bonds. The van der Waals surface area contributed by atoms with Gasteiger partial charge in [0.1, 0.15) is 0 Å². The fourth-order valence-electron chi connectivity index (χ4n) is 3.65. The number of benzene rings is 3. The second kappa shape index (κ2) is 5.28. The maximum atomic E-state index is 2.35. The summed E-state index contributed by atoms with van der Waals surface area (Å²) in [5, 5.41) is 2.71. The number of fused-ring (bicyclic) bond motifs is 1. The molecule has 0 bridgehead atoms. The summed E-state index contributed by atoms with van der Waals surface area (Å²) in [4.78, 5) is 0. The highest BCUT2D eigenvalue weighted by atomic mass is 14.1.